The number of carbonyl (C=O) groups is 3. The number of quaternary nitrogens is 1. The first-order valence-electron chi connectivity index (χ1n) is 8.53. The van der Waals surface area contributed by atoms with Crippen LogP contribution in [0.25, 0.3) is 0 Å². The third-order valence-electron chi connectivity index (χ3n) is 4.66. The average Bonchev–Trinajstić information content (AvgIpc) is 3.01. The SMILES string of the molecule is NC(=O)[N+]1(CCc2ccc(Oc3ccc(F)cc3)cc2)C[C@H](C(=O)O)NC1=O. The number of nitrogens with one attached hydrogen (secondary N) is 1. The number of hydrogen-bond acceptors (Lipinski definition) is 4. The molecule has 0 aromatic heterocycles. The Labute approximate surface area is 159 Å². The molecule has 1 heterocycles. The number of carboxylic acid groups (broad SMARTS) is 1. The fraction of sp³-hybridized carbons (Fsp3) is 0.211. The Hall–Kier alpha value is -3.46. The van der Waals surface area contributed by atoms with E-state index in [4.69, 9.17) is 15.6 Å². The molecule has 0 spiro atoms. The van der Waals surface area contributed by atoms with Crippen molar-refractivity contribution >= 4 is 18.0 Å². The number of rotatable bonds is 6. The van der Waals surface area contributed by atoms with Crippen LogP contribution in [0, 0.1) is 5.82 Å². The van der Waals surface area contributed by atoms with Crippen molar-refractivity contribution in [1.82, 2.24) is 5.32 Å². The summed E-state index contributed by atoms with van der Waals surface area (Å²) in [6.45, 7) is -0.182. The lowest BCUT2D eigenvalue weighted by atomic mass is 10.1. The predicted octanol–water partition coefficient (Wildman–Crippen LogP) is 2.23. The molecule has 4 N–H and O–H groups in total. The van der Waals surface area contributed by atoms with Crippen molar-refractivity contribution in [3.63, 3.8) is 0 Å². The third-order valence-corrected chi connectivity index (χ3v) is 4.66. The van der Waals surface area contributed by atoms with Gasteiger partial charge in [0, 0.05) is 6.42 Å². The summed E-state index contributed by atoms with van der Waals surface area (Å²) in [6.07, 6.45) is 0.333. The second-order valence-corrected chi connectivity index (χ2v) is 6.50. The molecule has 1 saturated heterocycles. The number of halogens is 1. The van der Waals surface area contributed by atoms with Crippen LogP contribution in [-0.4, -0.2) is 46.8 Å². The molecular weight excluding hydrogens is 369 g/mol. The van der Waals surface area contributed by atoms with E-state index in [1.54, 1.807) is 24.3 Å². The molecule has 1 aliphatic heterocycles. The van der Waals surface area contributed by atoms with E-state index in [0.717, 1.165) is 5.56 Å². The van der Waals surface area contributed by atoms with Gasteiger partial charge in [0.15, 0.2) is 6.04 Å². The van der Waals surface area contributed by atoms with E-state index in [1.165, 1.54) is 24.3 Å². The standard InChI is InChI=1S/C19H18FN3O5/c20-13-3-7-15(8-4-13)28-14-5-1-12(2-6-14)9-10-23(18(21)26)11-16(17(24)25)22-19(23)27/h1-8,16H,9-11H2,(H3-,21,22,24,25,26,27)/p+1/t16-,23?/m1/s1. The lowest BCUT2D eigenvalue weighted by molar-refractivity contribution is -0.757. The van der Waals surface area contributed by atoms with Crippen LogP contribution in [-0.2, 0) is 11.2 Å². The molecule has 0 radical (unpaired) electrons. The number of aliphatic carboxylic acids is 1. The van der Waals surface area contributed by atoms with Crippen LogP contribution in [0.15, 0.2) is 48.5 Å². The Kier molecular flexibility index (Phi) is 5.27. The van der Waals surface area contributed by atoms with E-state index in [-0.39, 0.29) is 18.9 Å². The molecule has 8 nitrogen and oxygen atoms in total. The van der Waals surface area contributed by atoms with Gasteiger partial charge in [-0.15, -0.1) is 0 Å². The molecule has 0 bridgehead atoms. The summed E-state index contributed by atoms with van der Waals surface area (Å²) in [4.78, 5) is 35.2. The van der Waals surface area contributed by atoms with Gasteiger partial charge in [-0.2, -0.15) is 4.48 Å². The molecule has 1 aliphatic rings. The van der Waals surface area contributed by atoms with Crippen LogP contribution in [0.2, 0.25) is 0 Å². The molecule has 1 unspecified atom stereocenters. The van der Waals surface area contributed by atoms with Crippen molar-refractivity contribution in [1.29, 1.82) is 0 Å². The monoisotopic (exact) mass is 388 g/mol. The lowest BCUT2D eigenvalue weighted by Crippen LogP contribution is -2.58. The van der Waals surface area contributed by atoms with Crippen molar-refractivity contribution < 1.29 is 33.1 Å². The van der Waals surface area contributed by atoms with Gasteiger partial charge in [0.1, 0.15) is 30.4 Å². The van der Waals surface area contributed by atoms with Gasteiger partial charge in [-0.1, -0.05) is 12.1 Å². The van der Waals surface area contributed by atoms with E-state index < -0.39 is 28.6 Å². The Morgan fingerprint density at radius 1 is 1.14 bits per heavy atom. The van der Waals surface area contributed by atoms with E-state index >= 15 is 0 Å². The highest BCUT2D eigenvalue weighted by atomic mass is 19.1. The van der Waals surface area contributed by atoms with Crippen LogP contribution in [0.3, 0.4) is 0 Å². The number of amides is 4. The molecule has 2 aromatic carbocycles. The highest BCUT2D eigenvalue weighted by Gasteiger charge is 2.53. The van der Waals surface area contributed by atoms with Crippen LogP contribution < -0.4 is 15.8 Å². The zero-order chi connectivity index (χ0) is 20.3. The number of carbonyl (C=O) groups excluding carboxylic acids is 2. The molecule has 2 aromatic rings. The molecule has 28 heavy (non-hydrogen) atoms. The summed E-state index contributed by atoms with van der Waals surface area (Å²) in [6, 6.07) is 9.79. The van der Waals surface area contributed by atoms with Crippen molar-refractivity contribution in [2.45, 2.75) is 12.5 Å². The Balaban J connectivity index is 1.66. The maximum Gasteiger partial charge on any atom is 0.426 e. The van der Waals surface area contributed by atoms with Gasteiger partial charge in [0.2, 0.25) is 0 Å². The van der Waals surface area contributed by atoms with Crippen LogP contribution in [0.5, 0.6) is 11.5 Å². The summed E-state index contributed by atoms with van der Waals surface area (Å²) in [5, 5.41) is 11.4. The molecule has 0 aliphatic carbocycles. The molecular formula is C19H19FN3O5+. The topological polar surface area (TPSA) is 119 Å². The normalized spacial score (nSPS) is 21.2. The quantitative estimate of drug-likeness (QED) is 0.656. The molecule has 146 valence electrons. The fourth-order valence-electron chi connectivity index (χ4n) is 3.03. The first-order valence-corrected chi connectivity index (χ1v) is 8.53. The maximum atomic E-state index is 12.9. The largest absolute Gasteiger partial charge is 0.480 e. The number of imide groups is 1. The van der Waals surface area contributed by atoms with Crippen LogP contribution >= 0.6 is 0 Å². The molecule has 9 heteroatoms. The van der Waals surface area contributed by atoms with Crippen molar-refractivity contribution in [2.24, 2.45) is 5.73 Å². The van der Waals surface area contributed by atoms with E-state index in [2.05, 4.69) is 5.32 Å². The number of carboxylic acids is 1. The number of benzene rings is 2. The van der Waals surface area contributed by atoms with Gasteiger partial charge in [0.05, 0.1) is 0 Å². The minimum atomic E-state index is -1.21. The number of ether oxygens (including phenoxy) is 1. The van der Waals surface area contributed by atoms with E-state index in [9.17, 15) is 18.8 Å². The molecule has 4 amide bonds. The molecule has 3 rings (SSSR count). The van der Waals surface area contributed by atoms with Gasteiger partial charge >= 0.3 is 18.0 Å². The summed E-state index contributed by atoms with van der Waals surface area (Å²) < 4.78 is 17.8. The first kappa shape index (κ1) is 19.3. The number of nitrogens with zero attached hydrogens (tertiary/aromatic N) is 1. The van der Waals surface area contributed by atoms with E-state index in [0.29, 0.717) is 17.9 Å². The molecule has 1 fully saturated rings. The number of hydrogen-bond donors (Lipinski definition) is 3. The first-order chi connectivity index (χ1) is 13.3. The highest BCUT2D eigenvalue weighted by Crippen LogP contribution is 2.23. The predicted molar refractivity (Wildman–Crippen MR) is 96.2 cm³/mol. The Morgan fingerprint density at radius 3 is 2.21 bits per heavy atom. The summed E-state index contributed by atoms with van der Waals surface area (Å²) in [5.41, 5.74) is 6.22. The van der Waals surface area contributed by atoms with Gasteiger partial charge < -0.3 is 15.6 Å². The molecule has 0 saturated carbocycles. The zero-order valence-electron chi connectivity index (χ0n) is 14.8. The fourth-order valence-corrected chi connectivity index (χ4v) is 3.03. The highest BCUT2D eigenvalue weighted by molar-refractivity contribution is 5.89. The minimum Gasteiger partial charge on any atom is -0.480 e. The van der Waals surface area contributed by atoms with Crippen molar-refractivity contribution in [3.05, 3.63) is 59.9 Å². The summed E-state index contributed by atoms with van der Waals surface area (Å²) >= 11 is 0. The second-order valence-electron chi connectivity index (χ2n) is 6.50. The summed E-state index contributed by atoms with van der Waals surface area (Å²) in [5.74, 6) is -0.540. The zero-order valence-corrected chi connectivity index (χ0v) is 14.8. The Bertz CT molecular complexity index is 901. The van der Waals surface area contributed by atoms with Crippen LogP contribution in [0.4, 0.5) is 14.0 Å². The summed E-state index contributed by atoms with van der Waals surface area (Å²) in [7, 11) is 0. The molecule has 2 atom stereocenters. The number of nitrogens with two attached hydrogens (primary N) is 1. The smallest absolute Gasteiger partial charge is 0.426 e. The second kappa shape index (κ2) is 7.65. The van der Waals surface area contributed by atoms with Gasteiger partial charge in [-0.05, 0) is 42.0 Å². The van der Waals surface area contributed by atoms with Crippen molar-refractivity contribution in [3.8, 4) is 11.5 Å². The van der Waals surface area contributed by atoms with Gasteiger partial charge in [-0.25, -0.2) is 18.8 Å². The van der Waals surface area contributed by atoms with E-state index in [1.807, 2.05) is 0 Å². The van der Waals surface area contributed by atoms with Crippen molar-refractivity contribution in [2.75, 3.05) is 13.1 Å². The lowest BCUT2D eigenvalue weighted by Gasteiger charge is -2.24. The van der Waals surface area contributed by atoms with Gasteiger partial charge in [-0.3, -0.25) is 5.32 Å². The third kappa shape index (κ3) is 3.94. The average molecular weight is 388 g/mol. The van der Waals surface area contributed by atoms with Gasteiger partial charge in [0.25, 0.3) is 0 Å². The maximum absolute atomic E-state index is 12.9. The van der Waals surface area contributed by atoms with Crippen LogP contribution in [0.1, 0.15) is 5.56 Å². The number of primary amides is 1. The Morgan fingerprint density at radius 2 is 1.71 bits per heavy atom. The number of urea groups is 2. The minimum absolute atomic E-state index is 0.0448.